The Hall–Kier alpha value is -1.58. The monoisotopic (exact) mass is 177 g/mol. The first-order valence-electron chi connectivity index (χ1n) is 4.24. The summed E-state index contributed by atoms with van der Waals surface area (Å²) < 4.78 is 1.65. The van der Waals surface area contributed by atoms with E-state index in [1.165, 1.54) is 6.07 Å². The molecule has 0 atom stereocenters. The summed E-state index contributed by atoms with van der Waals surface area (Å²) in [6.07, 6.45) is 3.70. The summed E-state index contributed by atoms with van der Waals surface area (Å²) in [6.45, 7) is 4.18. The molecule has 0 spiro atoms. The van der Waals surface area contributed by atoms with Crippen LogP contribution in [0.1, 0.15) is 25.3 Å². The van der Waals surface area contributed by atoms with Crippen LogP contribution < -0.4 is 5.56 Å². The van der Waals surface area contributed by atoms with Gasteiger partial charge in [0.25, 0.3) is 5.56 Å². The second kappa shape index (κ2) is 2.73. The maximum absolute atomic E-state index is 11.0. The molecule has 4 nitrogen and oxygen atoms in total. The van der Waals surface area contributed by atoms with Gasteiger partial charge in [0.05, 0.1) is 0 Å². The number of fused-ring (bicyclic) bond motifs is 1. The van der Waals surface area contributed by atoms with E-state index >= 15 is 0 Å². The van der Waals surface area contributed by atoms with Crippen LogP contribution in [-0.4, -0.2) is 14.6 Å². The molecule has 0 aromatic carbocycles. The van der Waals surface area contributed by atoms with Crippen LogP contribution in [0.2, 0.25) is 0 Å². The third kappa shape index (κ3) is 1.35. The Labute approximate surface area is 75.2 Å². The second-order valence-corrected chi connectivity index (χ2v) is 3.39. The Kier molecular flexibility index (Phi) is 1.69. The summed E-state index contributed by atoms with van der Waals surface area (Å²) in [5.41, 5.74) is 1.65. The van der Waals surface area contributed by atoms with Crippen LogP contribution >= 0.6 is 0 Å². The van der Waals surface area contributed by atoms with Crippen molar-refractivity contribution in [2.75, 3.05) is 0 Å². The van der Waals surface area contributed by atoms with Gasteiger partial charge < -0.3 is 0 Å². The van der Waals surface area contributed by atoms with E-state index in [0.29, 0.717) is 11.6 Å². The fraction of sp³-hybridized carbons (Fsp3) is 0.333. The Balaban J connectivity index is 2.68. The van der Waals surface area contributed by atoms with Crippen LogP contribution in [0.5, 0.6) is 0 Å². The minimum Gasteiger partial charge on any atom is -0.268 e. The highest BCUT2D eigenvalue weighted by atomic mass is 16.1. The molecule has 2 heterocycles. The summed E-state index contributed by atoms with van der Waals surface area (Å²) >= 11 is 0. The molecule has 0 fully saturated rings. The molecule has 2 aromatic rings. The SMILES string of the molecule is CC(C)c1cnc2cc(=O)[nH]n2c1. The van der Waals surface area contributed by atoms with E-state index in [4.69, 9.17) is 0 Å². The molecular weight excluding hydrogens is 166 g/mol. The zero-order chi connectivity index (χ0) is 9.42. The van der Waals surface area contributed by atoms with Crippen molar-refractivity contribution in [2.24, 2.45) is 0 Å². The van der Waals surface area contributed by atoms with E-state index in [2.05, 4.69) is 23.9 Å². The standard InChI is InChI=1S/C9H11N3O/c1-6(2)7-4-10-8-3-9(13)11-12(8)5-7/h3-6H,1-2H3,(H,11,13). The highest BCUT2D eigenvalue weighted by Crippen LogP contribution is 2.11. The molecule has 0 saturated carbocycles. The van der Waals surface area contributed by atoms with Crippen molar-refractivity contribution < 1.29 is 0 Å². The van der Waals surface area contributed by atoms with Gasteiger partial charge in [0.1, 0.15) is 0 Å². The molecule has 2 aromatic heterocycles. The molecule has 0 unspecified atom stereocenters. The Morgan fingerprint density at radius 2 is 2.31 bits per heavy atom. The number of hydrogen-bond donors (Lipinski definition) is 1. The minimum atomic E-state index is -0.117. The molecule has 4 heteroatoms. The molecule has 13 heavy (non-hydrogen) atoms. The van der Waals surface area contributed by atoms with Crippen molar-refractivity contribution in [3.63, 3.8) is 0 Å². The normalized spacial score (nSPS) is 11.3. The largest absolute Gasteiger partial charge is 0.268 e. The van der Waals surface area contributed by atoms with Gasteiger partial charge >= 0.3 is 0 Å². The Morgan fingerprint density at radius 1 is 1.54 bits per heavy atom. The molecule has 0 aliphatic rings. The fourth-order valence-electron chi connectivity index (χ4n) is 1.21. The molecular formula is C9H11N3O. The lowest BCUT2D eigenvalue weighted by molar-refractivity contribution is 0.817. The van der Waals surface area contributed by atoms with E-state index in [0.717, 1.165) is 5.56 Å². The number of aromatic nitrogens is 3. The fourth-order valence-corrected chi connectivity index (χ4v) is 1.21. The summed E-state index contributed by atoms with van der Waals surface area (Å²) in [5, 5.41) is 2.65. The van der Waals surface area contributed by atoms with Gasteiger partial charge in [-0.3, -0.25) is 9.89 Å². The maximum atomic E-state index is 11.0. The van der Waals surface area contributed by atoms with Gasteiger partial charge in [0, 0.05) is 18.5 Å². The van der Waals surface area contributed by atoms with Crippen molar-refractivity contribution >= 4 is 5.65 Å². The topological polar surface area (TPSA) is 50.2 Å². The van der Waals surface area contributed by atoms with Gasteiger partial charge in [-0.15, -0.1) is 0 Å². The van der Waals surface area contributed by atoms with E-state index < -0.39 is 0 Å². The maximum Gasteiger partial charge on any atom is 0.266 e. The lowest BCUT2D eigenvalue weighted by atomic mass is 10.1. The Morgan fingerprint density at radius 3 is 3.00 bits per heavy atom. The molecule has 0 radical (unpaired) electrons. The van der Waals surface area contributed by atoms with Gasteiger partial charge in [0.2, 0.25) is 0 Å². The molecule has 0 bridgehead atoms. The van der Waals surface area contributed by atoms with Crippen LogP contribution in [0.4, 0.5) is 0 Å². The minimum absolute atomic E-state index is 0.117. The summed E-state index contributed by atoms with van der Waals surface area (Å²) in [6, 6.07) is 1.48. The lowest BCUT2D eigenvalue weighted by Gasteiger charge is -2.03. The van der Waals surface area contributed by atoms with Crippen LogP contribution in [0.3, 0.4) is 0 Å². The molecule has 0 aliphatic carbocycles. The van der Waals surface area contributed by atoms with Crippen molar-refractivity contribution in [1.82, 2.24) is 14.6 Å². The Bertz CT molecular complexity index is 481. The highest BCUT2D eigenvalue weighted by Gasteiger charge is 2.02. The second-order valence-electron chi connectivity index (χ2n) is 3.39. The molecule has 1 N–H and O–H groups in total. The predicted octanol–water partition coefficient (Wildman–Crippen LogP) is 1.15. The van der Waals surface area contributed by atoms with Crippen LogP contribution in [0, 0.1) is 0 Å². The first kappa shape index (κ1) is 8.04. The average Bonchev–Trinajstić information content (AvgIpc) is 2.42. The highest BCUT2D eigenvalue weighted by molar-refractivity contribution is 5.36. The van der Waals surface area contributed by atoms with Gasteiger partial charge in [-0.1, -0.05) is 13.8 Å². The number of rotatable bonds is 1. The number of aromatic amines is 1. The van der Waals surface area contributed by atoms with Gasteiger partial charge in [-0.05, 0) is 11.5 Å². The van der Waals surface area contributed by atoms with Crippen molar-refractivity contribution in [2.45, 2.75) is 19.8 Å². The summed E-state index contributed by atoms with van der Waals surface area (Å²) in [7, 11) is 0. The van der Waals surface area contributed by atoms with Crippen molar-refractivity contribution in [1.29, 1.82) is 0 Å². The van der Waals surface area contributed by atoms with Crippen LogP contribution in [-0.2, 0) is 0 Å². The molecule has 0 aliphatic heterocycles. The zero-order valence-electron chi connectivity index (χ0n) is 7.61. The third-order valence-electron chi connectivity index (χ3n) is 2.03. The van der Waals surface area contributed by atoms with Gasteiger partial charge in [0.15, 0.2) is 5.65 Å². The number of hydrogen-bond acceptors (Lipinski definition) is 2. The van der Waals surface area contributed by atoms with Gasteiger partial charge in [-0.25, -0.2) is 9.50 Å². The summed E-state index contributed by atoms with van der Waals surface area (Å²) in [5.74, 6) is 0.419. The van der Waals surface area contributed by atoms with Crippen LogP contribution in [0.25, 0.3) is 5.65 Å². The quantitative estimate of drug-likeness (QED) is 0.710. The third-order valence-corrected chi connectivity index (χ3v) is 2.03. The van der Waals surface area contributed by atoms with Gasteiger partial charge in [-0.2, -0.15) is 0 Å². The molecule has 0 saturated heterocycles. The number of nitrogens with one attached hydrogen (secondary N) is 1. The summed E-state index contributed by atoms with van der Waals surface area (Å²) in [4.78, 5) is 15.1. The van der Waals surface area contributed by atoms with E-state index in [1.54, 1.807) is 10.7 Å². The molecule has 2 rings (SSSR count). The first-order chi connectivity index (χ1) is 6.16. The zero-order valence-corrected chi connectivity index (χ0v) is 7.61. The van der Waals surface area contributed by atoms with E-state index in [-0.39, 0.29) is 5.56 Å². The van der Waals surface area contributed by atoms with E-state index in [9.17, 15) is 4.79 Å². The predicted molar refractivity (Wildman–Crippen MR) is 49.9 cm³/mol. The lowest BCUT2D eigenvalue weighted by Crippen LogP contribution is -2.00. The number of H-pyrrole nitrogens is 1. The average molecular weight is 177 g/mol. The smallest absolute Gasteiger partial charge is 0.266 e. The number of nitrogens with zero attached hydrogens (tertiary/aromatic N) is 2. The first-order valence-corrected chi connectivity index (χ1v) is 4.24. The van der Waals surface area contributed by atoms with Crippen molar-refractivity contribution in [3.8, 4) is 0 Å². The molecule has 0 amide bonds. The molecule has 68 valence electrons. The van der Waals surface area contributed by atoms with Crippen molar-refractivity contribution in [3.05, 3.63) is 34.4 Å². The van der Waals surface area contributed by atoms with Crippen LogP contribution in [0.15, 0.2) is 23.3 Å². The van der Waals surface area contributed by atoms with E-state index in [1.807, 2.05) is 6.20 Å².